The Morgan fingerprint density at radius 1 is 0.682 bits per heavy atom. The maximum atomic E-state index is 8.08. The first-order valence-corrected chi connectivity index (χ1v) is 7.93. The molecular weight excluding hydrogens is 288 g/mol. The summed E-state index contributed by atoms with van der Waals surface area (Å²) in [7, 11) is 0. The minimum Gasteiger partial charge on any atom is -0.381 e. The quantitative estimate of drug-likeness (QED) is 0.179. The number of azide groups is 1. The lowest BCUT2D eigenvalue weighted by atomic mass is 10.4. The molecule has 0 fully saturated rings. The molecule has 0 aliphatic rings. The zero-order chi connectivity index (χ0) is 16.1. The smallest absolute Gasteiger partial charge is 0.0588 e. The molecule has 0 bridgehead atoms. The fourth-order valence-corrected chi connectivity index (χ4v) is 1.56. The van der Waals surface area contributed by atoms with Gasteiger partial charge in [0.15, 0.2) is 0 Å². The fraction of sp³-hybridized carbons (Fsp3) is 1.00. The molecular formula is C14H30N4O4. The zero-order valence-corrected chi connectivity index (χ0v) is 13.5. The van der Waals surface area contributed by atoms with Crippen LogP contribution in [0.15, 0.2) is 5.11 Å². The molecule has 0 aliphatic heterocycles. The first kappa shape index (κ1) is 21.1. The Labute approximate surface area is 132 Å². The van der Waals surface area contributed by atoms with E-state index in [2.05, 4.69) is 10.0 Å². The topological polar surface area (TPSA) is 112 Å². The minimum atomic E-state index is 0.492. The number of nitrogens with zero attached hydrogens (tertiary/aromatic N) is 3. The van der Waals surface area contributed by atoms with Crippen molar-refractivity contribution in [3.05, 3.63) is 10.4 Å². The molecule has 0 amide bonds. The second kappa shape index (κ2) is 20.1. The number of hydrogen-bond donors (Lipinski definition) is 1. The highest BCUT2D eigenvalue weighted by Gasteiger charge is 1.93. The van der Waals surface area contributed by atoms with E-state index >= 15 is 0 Å². The molecule has 0 unspecified atom stereocenters. The number of hydrogen-bond acceptors (Lipinski definition) is 6. The summed E-state index contributed by atoms with van der Waals surface area (Å²) in [5.41, 5.74) is 13.4. The molecule has 8 heteroatoms. The highest BCUT2D eigenvalue weighted by Crippen LogP contribution is 1.92. The third-order valence-electron chi connectivity index (χ3n) is 2.60. The molecule has 0 aromatic carbocycles. The molecule has 0 heterocycles. The van der Waals surface area contributed by atoms with Crippen molar-refractivity contribution in [1.82, 2.24) is 0 Å². The summed E-state index contributed by atoms with van der Waals surface area (Å²) in [5.74, 6) is 0. The van der Waals surface area contributed by atoms with Gasteiger partial charge in [-0.1, -0.05) is 5.11 Å². The van der Waals surface area contributed by atoms with Crippen LogP contribution in [0.5, 0.6) is 0 Å². The van der Waals surface area contributed by atoms with Crippen LogP contribution in [0.2, 0.25) is 0 Å². The molecule has 130 valence electrons. The molecule has 22 heavy (non-hydrogen) atoms. The summed E-state index contributed by atoms with van der Waals surface area (Å²) in [6, 6.07) is 0. The van der Waals surface area contributed by atoms with Crippen LogP contribution in [0, 0.1) is 0 Å². The fourth-order valence-electron chi connectivity index (χ4n) is 1.56. The third kappa shape index (κ3) is 19.1. The van der Waals surface area contributed by atoms with Gasteiger partial charge in [0.2, 0.25) is 0 Å². The molecule has 0 saturated heterocycles. The first-order chi connectivity index (χ1) is 10.9. The van der Waals surface area contributed by atoms with E-state index in [1.54, 1.807) is 0 Å². The van der Waals surface area contributed by atoms with Gasteiger partial charge in [-0.25, -0.2) is 0 Å². The van der Waals surface area contributed by atoms with Gasteiger partial charge in [0.25, 0.3) is 0 Å². The summed E-state index contributed by atoms with van der Waals surface area (Å²) in [6.45, 7) is 6.52. The Kier molecular flexibility index (Phi) is 19.3. The third-order valence-corrected chi connectivity index (χ3v) is 2.60. The Hall–Kier alpha value is -0.890. The predicted octanol–water partition coefficient (Wildman–Crippen LogP) is 1.88. The van der Waals surface area contributed by atoms with Crippen molar-refractivity contribution in [2.45, 2.75) is 25.7 Å². The predicted molar refractivity (Wildman–Crippen MR) is 84.8 cm³/mol. The Balaban J connectivity index is 2.95. The van der Waals surface area contributed by atoms with Gasteiger partial charge in [0, 0.05) is 64.2 Å². The summed E-state index contributed by atoms with van der Waals surface area (Å²) < 4.78 is 21.5. The molecule has 0 atom stereocenters. The van der Waals surface area contributed by atoms with Gasteiger partial charge in [-0.15, -0.1) is 0 Å². The Bertz CT molecular complexity index is 263. The summed E-state index contributed by atoms with van der Waals surface area (Å²) in [4.78, 5) is 2.68. The zero-order valence-electron chi connectivity index (χ0n) is 13.5. The van der Waals surface area contributed by atoms with E-state index in [-0.39, 0.29) is 0 Å². The molecule has 0 aromatic heterocycles. The van der Waals surface area contributed by atoms with Crippen molar-refractivity contribution >= 4 is 0 Å². The molecule has 8 nitrogen and oxygen atoms in total. The van der Waals surface area contributed by atoms with Gasteiger partial charge < -0.3 is 24.7 Å². The van der Waals surface area contributed by atoms with Crippen molar-refractivity contribution in [2.24, 2.45) is 10.8 Å². The SMILES string of the molecule is [N-]=[N+]=NCCCOCCCOCCCOCCCOCCN. The summed E-state index contributed by atoms with van der Waals surface area (Å²) in [6.07, 6.45) is 3.44. The average molecular weight is 318 g/mol. The van der Waals surface area contributed by atoms with E-state index in [1.165, 1.54) is 0 Å². The van der Waals surface area contributed by atoms with Crippen molar-refractivity contribution in [3.63, 3.8) is 0 Å². The molecule has 0 aliphatic carbocycles. The van der Waals surface area contributed by atoms with E-state index in [0.717, 1.165) is 25.7 Å². The normalized spacial score (nSPS) is 10.6. The lowest BCUT2D eigenvalue weighted by Gasteiger charge is -2.06. The molecule has 0 spiro atoms. The molecule has 0 aromatic rings. The lowest BCUT2D eigenvalue weighted by Crippen LogP contribution is -2.10. The van der Waals surface area contributed by atoms with Gasteiger partial charge >= 0.3 is 0 Å². The van der Waals surface area contributed by atoms with Crippen molar-refractivity contribution in [1.29, 1.82) is 0 Å². The number of ether oxygens (including phenoxy) is 4. The van der Waals surface area contributed by atoms with Crippen LogP contribution in [0.1, 0.15) is 25.7 Å². The van der Waals surface area contributed by atoms with Crippen molar-refractivity contribution in [2.75, 3.05) is 65.9 Å². The van der Waals surface area contributed by atoms with Crippen LogP contribution in [-0.2, 0) is 18.9 Å². The van der Waals surface area contributed by atoms with Crippen molar-refractivity contribution in [3.8, 4) is 0 Å². The average Bonchev–Trinajstić information content (AvgIpc) is 2.54. The highest BCUT2D eigenvalue weighted by atomic mass is 16.5. The molecule has 0 radical (unpaired) electrons. The van der Waals surface area contributed by atoms with E-state index < -0.39 is 0 Å². The maximum Gasteiger partial charge on any atom is 0.0588 e. The Morgan fingerprint density at radius 3 is 1.50 bits per heavy atom. The van der Waals surface area contributed by atoms with Gasteiger partial charge in [-0.05, 0) is 31.2 Å². The number of rotatable bonds is 18. The van der Waals surface area contributed by atoms with Crippen LogP contribution >= 0.6 is 0 Å². The highest BCUT2D eigenvalue weighted by molar-refractivity contribution is 4.46. The molecule has 2 N–H and O–H groups in total. The summed E-state index contributed by atoms with van der Waals surface area (Å²) in [5, 5.41) is 3.43. The maximum absolute atomic E-state index is 8.08. The first-order valence-electron chi connectivity index (χ1n) is 7.93. The Morgan fingerprint density at radius 2 is 1.09 bits per heavy atom. The molecule has 0 saturated carbocycles. The van der Waals surface area contributed by atoms with Gasteiger partial charge in [-0.3, -0.25) is 0 Å². The van der Waals surface area contributed by atoms with Crippen LogP contribution < -0.4 is 5.73 Å². The second-order valence-corrected chi connectivity index (χ2v) is 4.61. The standard InChI is InChI=1S/C14H30N4O4/c15-5-14-22-13-4-12-21-11-3-10-20-9-2-8-19-7-1-6-17-18-16/h1-15H2. The largest absolute Gasteiger partial charge is 0.381 e. The summed E-state index contributed by atoms with van der Waals surface area (Å²) >= 11 is 0. The number of nitrogens with two attached hydrogens (primary N) is 1. The lowest BCUT2D eigenvalue weighted by molar-refractivity contribution is 0.0548. The van der Waals surface area contributed by atoms with E-state index in [1.807, 2.05) is 0 Å². The van der Waals surface area contributed by atoms with Gasteiger partial charge in [0.05, 0.1) is 6.61 Å². The van der Waals surface area contributed by atoms with E-state index in [0.29, 0.717) is 65.9 Å². The second-order valence-electron chi connectivity index (χ2n) is 4.61. The van der Waals surface area contributed by atoms with E-state index in [4.69, 9.17) is 30.2 Å². The van der Waals surface area contributed by atoms with Gasteiger partial charge in [0.1, 0.15) is 0 Å². The molecule has 0 rings (SSSR count). The van der Waals surface area contributed by atoms with E-state index in [9.17, 15) is 0 Å². The van der Waals surface area contributed by atoms with Crippen LogP contribution in [0.4, 0.5) is 0 Å². The van der Waals surface area contributed by atoms with Gasteiger partial charge in [-0.2, -0.15) is 0 Å². The van der Waals surface area contributed by atoms with Crippen LogP contribution in [0.3, 0.4) is 0 Å². The minimum absolute atomic E-state index is 0.492. The monoisotopic (exact) mass is 318 g/mol. The van der Waals surface area contributed by atoms with Crippen LogP contribution in [0.25, 0.3) is 10.4 Å². The van der Waals surface area contributed by atoms with Crippen molar-refractivity contribution < 1.29 is 18.9 Å². The van der Waals surface area contributed by atoms with Crippen LogP contribution in [-0.4, -0.2) is 65.9 Å².